The molecule has 1 aliphatic rings. The van der Waals surface area contributed by atoms with Crippen LogP contribution in [-0.4, -0.2) is 18.3 Å². The Bertz CT molecular complexity index is 396. The molecule has 1 saturated carbocycles. The molecule has 1 fully saturated rings. The van der Waals surface area contributed by atoms with Gasteiger partial charge in [0.05, 0.1) is 0 Å². The third kappa shape index (κ3) is 4.82. The monoisotopic (exact) mass is 291 g/mol. The van der Waals surface area contributed by atoms with Crippen molar-refractivity contribution in [3.63, 3.8) is 0 Å². The summed E-state index contributed by atoms with van der Waals surface area (Å²) in [7, 11) is 0. The van der Waals surface area contributed by atoms with E-state index in [9.17, 15) is 0 Å². The molecule has 1 aliphatic carbocycles. The van der Waals surface area contributed by atoms with Crippen molar-refractivity contribution in [3.05, 3.63) is 29.8 Å². The van der Waals surface area contributed by atoms with E-state index in [0.717, 1.165) is 18.4 Å². The molecule has 2 rings (SSSR count). The van der Waals surface area contributed by atoms with Gasteiger partial charge in [-0.15, -0.1) is 11.8 Å². The second-order valence-corrected chi connectivity index (χ2v) is 7.41. The highest BCUT2D eigenvalue weighted by Gasteiger charge is 2.25. The van der Waals surface area contributed by atoms with Gasteiger partial charge < -0.3 is 5.32 Å². The smallest absolute Gasteiger partial charge is 0.0189 e. The molecule has 1 atom stereocenters. The first kappa shape index (κ1) is 15.9. The number of rotatable bonds is 6. The fourth-order valence-electron chi connectivity index (χ4n) is 3.20. The van der Waals surface area contributed by atoms with Crippen molar-refractivity contribution >= 4 is 11.8 Å². The Labute approximate surface area is 128 Å². The second kappa shape index (κ2) is 8.09. The average Bonchev–Trinajstić information content (AvgIpc) is 2.44. The maximum Gasteiger partial charge on any atom is 0.0189 e. The van der Waals surface area contributed by atoms with Gasteiger partial charge in [0.1, 0.15) is 0 Å². The van der Waals surface area contributed by atoms with Gasteiger partial charge in [-0.25, -0.2) is 0 Å². The fourth-order valence-corrected chi connectivity index (χ4v) is 4.41. The zero-order chi connectivity index (χ0) is 14.4. The number of nitrogens with one attached hydrogen (secondary N) is 1. The first-order valence-corrected chi connectivity index (χ1v) is 9.10. The molecule has 0 aromatic heterocycles. The summed E-state index contributed by atoms with van der Waals surface area (Å²) in [5.74, 6) is 3.03. The zero-order valence-corrected chi connectivity index (χ0v) is 14.0. The van der Waals surface area contributed by atoms with Gasteiger partial charge in [-0.3, -0.25) is 0 Å². The minimum absolute atomic E-state index is 0.679. The molecule has 0 radical (unpaired) electrons. The molecule has 2 heteroatoms. The van der Waals surface area contributed by atoms with E-state index in [1.54, 1.807) is 0 Å². The number of aryl methyl sites for hydroxylation is 1. The molecular weight excluding hydrogens is 262 g/mol. The van der Waals surface area contributed by atoms with Crippen LogP contribution in [0.2, 0.25) is 0 Å². The molecule has 1 unspecified atom stereocenters. The Kier molecular flexibility index (Phi) is 6.44. The summed E-state index contributed by atoms with van der Waals surface area (Å²) in [6.07, 6.45) is 5.66. The van der Waals surface area contributed by atoms with Crippen LogP contribution < -0.4 is 5.32 Å². The van der Waals surface area contributed by atoms with E-state index in [1.165, 1.54) is 41.9 Å². The number of hydrogen-bond acceptors (Lipinski definition) is 2. The van der Waals surface area contributed by atoms with Crippen molar-refractivity contribution in [2.45, 2.75) is 57.4 Å². The van der Waals surface area contributed by atoms with Crippen LogP contribution in [0.5, 0.6) is 0 Å². The van der Waals surface area contributed by atoms with Gasteiger partial charge in [-0.05, 0) is 50.3 Å². The van der Waals surface area contributed by atoms with E-state index >= 15 is 0 Å². The Balaban J connectivity index is 1.88. The van der Waals surface area contributed by atoms with Crippen molar-refractivity contribution in [2.75, 3.05) is 12.3 Å². The summed E-state index contributed by atoms with van der Waals surface area (Å²) in [6.45, 7) is 7.90. The first-order valence-electron chi connectivity index (χ1n) is 8.12. The van der Waals surface area contributed by atoms with Gasteiger partial charge in [-0.2, -0.15) is 0 Å². The van der Waals surface area contributed by atoms with Crippen molar-refractivity contribution in [1.29, 1.82) is 0 Å². The molecule has 1 aromatic rings. The molecule has 0 bridgehead atoms. The van der Waals surface area contributed by atoms with Gasteiger partial charge in [0.2, 0.25) is 0 Å². The molecule has 1 N–H and O–H groups in total. The highest BCUT2D eigenvalue weighted by atomic mass is 32.2. The molecule has 20 heavy (non-hydrogen) atoms. The van der Waals surface area contributed by atoms with E-state index in [4.69, 9.17) is 0 Å². The van der Waals surface area contributed by atoms with Crippen LogP contribution in [0.4, 0.5) is 0 Å². The Hall–Kier alpha value is -0.470. The van der Waals surface area contributed by atoms with Gasteiger partial charge in [0.25, 0.3) is 0 Å². The summed E-state index contributed by atoms with van der Waals surface area (Å²) in [5, 5.41) is 3.73. The summed E-state index contributed by atoms with van der Waals surface area (Å²) in [6, 6.07) is 9.56. The maximum absolute atomic E-state index is 3.73. The lowest BCUT2D eigenvalue weighted by atomic mass is 9.79. The minimum atomic E-state index is 0.679. The molecule has 0 amide bonds. The van der Waals surface area contributed by atoms with Crippen LogP contribution >= 0.6 is 11.8 Å². The number of hydrogen-bond donors (Lipinski definition) is 1. The summed E-state index contributed by atoms with van der Waals surface area (Å²) in [4.78, 5) is 1.41. The number of thioether (sulfide) groups is 1. The van der Waals surface area contributed by atoms with E-state index in [2.05, 4.69) is 50.4 Å². The normalized spacial score (nSPS) is 24.6. The largest absolute Gasteiger partial charge is 0.313 e. The Morgan fingerprint density at radius 1 is 1.25 bits per heavy atom. The van der Waals surface area contributed by atoms with Crippen LogP contribution in [0.15, 0.2) is 29.2 Å². The van der Waals surface area contributed by atoms with Crippen LogP contribution in [0.25, 0.3) is 0 Å². The van der Waals surface area contributed by atoms with Crippen molar-refractivity contribution < 1.29 is 0 Å². The lowest BCUT2D eigenvalue weighted by molar-refractivity contribution is 0.243. The maximum atomic E-state index is 3.73. The van der Waals surface area contributed by atoms with Crippen molar-refractivity contribution in [2.24, 2.45) is 11.8 Å². The van der Waals surface area contributed by atoms with Crippen molar-refractivity contribution in [3.8, 4) is 0 Å². The van der Waals surface area contributed by atoms with Crippen molar-refractivity contribution in [1.82, 2.24) is 5.32 Å². The molecule has 0 aliphatic heterocycles. The van der Waals surface area contributed by atoms with E-state index in [1.807, 2.05) is 11.8 Å². The van der Waals surface area contributed by atoms with Crippen LogP contribution in [0.3, 0.4) is 0 Å². The lowest BCUT2D eigenvalue weighted by Gasteiger charge is -2.33. The highest BCUT2D eigenvalue weighted by Crippen LogP contribution is 2.32. The quantitative estimate of drug-likeness (QED) is 0.749. The second-order valence-electron chi connectivity index (χ2n) is 6.31. The molecule has 0 spiro atoms. The topological polar surface area (TPSA) is 12.0 Å². The SMILES string of the molecule is CCNC(CSc1cccc(C)c1)C1CCC(C)CC1. The van der Waals surface area contributed by atoms with E-state index < -0.39 is 0 Å². The van der Waals surface area contributed by atoms with Gasteiger partial charge in [0.15, 0.2) is 0 Å². The molecule has 0 heterocycles. The van der Waals surface area contributed by atoms with E-state index in [0.29, 0.717) is 6.04 Å². The van der Waals surface area contributed by atoms with Crippen LogP contribution in [-0.2, 0) is 0 Å². The van der Waals surface area contributed by atoms with Gasteiger partial charge >= 0.3 is 0 Å². The zero-order valence-electron chi connectivity index (χ0n) is 13.2. The molecule has 1 aromatic carbocycles. The fraction of sp³-hybridized carbons (Fsp3) is 0.667. The molecule has 1 nitrogen and oxygen atoms in total. The van der Waals surface area contributed by atoms with Crippen LogP contribution in [0.1, 0.15) is 45.1 Å². The first-order chi connectivity index (χ1) is 9.69. The summed E-state index contributed by atoms with van der Waals surface area (Å²) in [5.41, 5.74) is 1.36. The minimum Gasteiger partial charge on any atom is -0.313 e. The summed E-state index contributed by atoms with van der Waals surface area (Å²) >= 11 is 2.01. The molecular formula is C18H29NS. The van der Waals surface area contributed by atoms with Crippen LogP contribution in [0, 0.1) is 18.8 Å². The molecule has 0 saturated heterocycles. The van der Waals surface area contributed by atoms with Gasteiger partial charge in [-0.1, -0.05) is 44.4 Å². The number of benzene rings is 1. The third-order valence-electron chi connectivity index (χ3n) is 4.51. The van der Waals surface area contributed by atoms with Gasteiger partial charge in [0, 0.05) is 16.7 Å². The lowest BCUT2D eigenvalue weighted by Crippen LogP contribution is -2.39. The predicted octanol–water partition coefficient (Wildman–Crippen LogP) is 4.89. The Morgan fingerprint density at radius 2 is 2.00 bits per heavy atom. The highest BCUT2D eigenvalue weighted by molar-refractivity contribution is 7.99. The van der Waals surface area contributed by atoms with E-state index in [-0.39, 0.29) is 0 Å². The third-order valence-corrected chi connectivity index (χ3v) is 5.63. The predicted molar refractivity (Wildman–Crippen MR) is 90.5 cm³/mol. The molecule has 112 valence electrons. The summed E-state index contributed by atoms with van der Waals surface area (Å²) < 4.78 is 0. The standard InChI is InChI=1S/C18H29NS/c1-4-19-18(16-10-8-14(2)9-11-16)13-20-17-7-5-6-15(3)12-17/h5-7,12,14,16,18-19H,4,8-11,13H2,1-3H3. The Morgan fingerprint density at radius 3 is 2.65 bits per heavy atom. The average molecular weight is 292 g/mol.